The van der Waals surface area contributed by atoms with Crippen LogP contribution >= 0.6 is 11.3 Å². The van der Waals surface area contributed by atoms with Gasteiger partial charge in [0.1, 0.15) is 6.04 Å². The molecule has 1 aliphatic heterocycles. The van der Waals surface area contributed by atoms with Crippen LogP contribution < -0.4 is 15.5 Å². The fourth-order valence-corrected chi connectivity index (χ4v) is 3.50. The van der Waals surface area contributed by atoms with Crippen molar-refractivity contribution in [3.8, 4) is 0 Å². The van der Waals surface area contributed by atoms with E-state index >= 15 is 0 Å². The van der Waals surface area contributed by atoms with Crippen molar-refractivity contribution >= 4 is 28.8 Å². The number of hydrogen-bond donors (Lipinski definition) is 2. The van der Waals surface area contributed by atoms with E-state index in [9.17, 15) is 9.59 Å². The van der Waals surface area contributed by atoms with Gasteiger partial charge >= 0.3 is 0 Å². The molecule has 1 unspecified atom stereocenters. The first-order valence-corrected chi connectivity index (χ1v) is 9.22. The third kappa shape index (κ3) is 3.88. The molecule has 0 radical (unpaired) electrons. The second kappa shape index (κ2) is 7.76. The van der Waals surface area contributed by atoms with Crippen LogP contribution in [0.25, 0.3) is 0 Å². The molecule has 1 aliphatic rings. The normalized spacial score (nSPS) is 18.4. The van der Waals surface area contributed by atoms with Crippen molar-refractivity contribution in [3.05, 3.63) is 46.4 Å². The van der Waals surface area contributed by atoms with Gasteiger partial charge in [0, 0.05) is 16.8 Å². The van der Waals surface area contributed by atoms with E-state index in [1.54, 1.807) is 30.6 Å². The number of amides is 2. The van der Waals surface area contributed by atoms with Gasteiger partial charge in [0.25, 0.3) is 0 Å². The molecule has 2 heterocycles. The number of carbonyl (C=O) groups excluding carboxylic acids is 2. The molecule has 0 saturated carbocycles. The van der Waals surface area contributed by atoms with Crippen LogP contribution in [0.2, 0.25) is 0 Å². The van der Waals surface area contributed by atoms with Gasteiger partial charge in [-0.3, -0.25) is 14.6 Å². The first-order valence-electron chi connectivity index (χ1n) is 8.34. The summed E-state index contributed by atoms with van der Waals surface area (Å²) in [6, 6.07) is 7.07. The number of thiazole rings is 1. The van der Waals surface area contributed by atoms with Gasteiger partial charge in [0.2, 0.25) is 11.8 Å². The molecule has 0 spiro atoms. The predicted octanol–water partition coefficient (Wildman–Crippen LogP) is 1.72. The van der Waals surface area contributed by atoms with Gasteiger partial charge in [-0.15, -0.1) is 11.3 Å². The summed E-state index contributed by atoms with van der Waals surface area (Å²) in [5.74, 6) is -0.237. The molecule has 2 amide bonds. The lowest BCUT2D eigenvalue weighted by molar-refractivity contribution is -0.128. The van der Waals surface area contributed by atoms with Crippen LogP contribution in [0, 0.1) is 0 Å². The van der Waals surface area contributed by atoms with Crippen LogP contribution in [0.1, 0.15) is 23.8 Å². The maximum absolute atomic E-state index is 13.2. The van der Waals surface area contributed by atoms with Gasteiger partial charge in [-0.05, 0) is 38.4 Å². The molecule has 3 rings (SSSR count). The van der Waals surface area contributed by atoms with Crippen LogP contribution in [0.3, 0.4) is 0 Å². The van der Waals surface area contributed by atoms with E-state index < -0.39 is 6.04 Å². The van der Waals surface area contributed by atoms with Gasteiger partial charge in [-0.1, -0.05) is 18.2 Å². The lowest BCUT2D eigenvalue weighted by atomic mass is 10.1. The SMILES string of the molecule is CNC(C)C(=O)N[C@H]1CCc2ccccc2N(Cc2cncs2)C1=O. The minimum absolute atomic E-state index is 0.0741. The van der Waals surface area contributed by atoms with Crippen molar-refractivity contribution in [2.75, 3.05) is 11.9 Å². The summed E-state index contributed by atoms with van der Waals surface area (Å²) in [6.45, 7) is 2.24. The molecule has 0 saturated heterocycles. The minimum atomic E-state index is -0.524. The molecule has 1 aromatic heterocycles. The summed E-state index contributed by atoms with van der Waals surface area (Å²) in [5, 5.41) is 5.80. The van der Waals surface area contributed by atoms with Crippen LogP contribution in [0.4, 0.5) is 5.69 Å². The number of aromatic nitrogens is 1. The first kappa shape index (κ1) is 17.6. The molecule has 6 nitrogen and oxygen atoms in total. The number of hydrogen-bond acceptors (Lipinski definition) is 5. The molecule has 2 N–H and O–H groups in total. The first-order chi connectivity index (χ1) is 12.1. The number of nitrogens with zero attached hydrogens (tertiary/aromatic N) is 2. The highest BCUT2D eigenvalue weighted by Gasteiger charge is 2.32. The predicted molar refractivity (Wildman–Crippen MR) is 98.5 cm³/mol. The molecule has 0 fully saturated rings. The summed E-state index contributed by atoms with van der Waals surface area (Å²) in [5.41, 5.74) is 3.80. The Kier molecular flexibility index (Phi) is 5.45. The van der Waals surface area contributed by atoms with Gasteiger partial charge in [0.05, 0.1) is 18.1 Å². The van der Waals surface area contributed by atoms with E-state index in [1.165, 1.54) is 11.3 Å². The fraction of sp³-hybridized carbons (Fsp3) is 0.389. The highest BCUT2D eigenvalue weighted by atomic mass is 32.1. The fourth-order valence-electron chi connectivity index (χ4n) is 2.92. The number of likely N-dealkylation sites (N-methyl/N-ethyl adjacent to an activating group) is 1. The second-order valence-corrected chi connectivity index (χ2v) is 7.10. The lowest BCUT2D eigenvalue weighted by Crippen LogP contribution is -2.51. The zero-order valence-corrected chi connectivity index (χ0v) is 15.2. The number of carbonyl (C=O) groups is 2. The maximum atomic E-state index is 13.2. The number of para-hydroxylation sites is 1. The van der Waals surface area contributed by atoms with E-state index in [2.05, 4.69) is 15.6 Å². The Morgan fingerprint density at radius 2 is 2.24 bits per heavy atom. The third-order valence-electron chi connectivity index (χ3n) is 4.49. The molecule has 2 aromatic rings. The maximum Gasteiger partial charge on any atom is 0.249 e. The van der Waals surface area contributed by atoms with Crippen LogP contribution in [0.5, 0.6) is 0 Å². The van der Waals surface area contributed by atoms with Gasteiger partial charge in [-0.2, -0.15) is 0 Å². The summed E-state index contributed by atoms with van der Waals surface area (Å²) >= 11 is 1.52. The molecule has 132 valence electrons. The minimum Gasteiger partial charge on any atom is -0.343 e. The van der Waals surface area contributed by atoms with Crippen LogP contribution in [0.15, 0.2) is 36.0 Å². The molecular weight excluding hydrogens is 336 g/mol. The van der Waals surface area contributed by atoms with Gasteiger partial charge < -0.3 is 15.5 Å². The quantitative estimate of drug-likeness (QED) is 0.853. The zero-order chi connectivity index (χ0) is 17.8. The summed E-state index contributed by atoms with van der Waals surface area (Å²) in [4.78, 5) is 32.3. The largest absolute Gasteiger partial charge is 0.343 e. The molecule has 2 atom stereocenters. The zero-order valence-electron chi connectivity index (χ0n) is 14.4. The second-order valence-electron chi connectivity index (χ2n) is 6.13. The van der Waals surface area contributed by atoms with Crippen molar-refractivity contribution in [1.29, 1.82) is 0 Å². The molecule has 0 bridgehead atoms. The number of anilines is 1. The molecular formula is C18H22N4O2S. The molecule has 1 aromatic carbocycles. The van der Waals surface area contributed by atoms with Crippen LogP contribution in [-0.2, 0) is 22.6 Å². The molecule has 0 aliphatic carbocycles. The Balaban J connectivity index is 1.88. The van der Waals surface area contributed by atoms with E-state index in [1.807, 2.05) is 24.3 Å². The average Bonchev–Trinajstić information content (AvgIpc) is 3.11. The van der Waals surface area contributed by atoms with Crippen molar-refractivity contribution in [3.63, 3.8) is 0 Å². The average molecular weight is 358 g/mol. The Labute approximate surface area is 151 Å². The van der Waals surface area contributed by atoms with E-state index in [-0.39, 0.29) is 17.9 Å². The highest BCUT2D eigenvalue weighted by Crippen LogP contribution is 2.29. The monoisotopic (exact) mass is 358 g/mol. The van der Waals surface area contributed by atoms with Crippen LogP contribution in [-0.4, -0.2) is 35.9 Å². The van der Waals surface area contributed by atoms with E-state index in [0.717, 1.165) is 22.5 Å². The number of aryl methyl sites for hydroxylation is 1. The highest BCUT2D eigenvalue weighted by molar-refractivity contribution is 7.09. The number of benzene rings is 1. The Bertz CT molecular complexity index is 747. The Morgan fingerprint density at radius 1 is 1.44 bits per heavy atom. The van der Waals surface area contributed by atoms with Crippen molar-refractivity contribution in [1.82, 2.24) is 15.6 Å². The Hall–Kier alpha value is -2.25. The Morgan fingerprint density at radius 3 is 2.96 bits per heavy atom. The molecule has 7 heteroatoms. The lowest BCUT2D eigenvalue weighted by Gasteiger charge is -2.26. The van der Waals surface area contributed by atoms with Crippen molar-refractivity contribution in [2.45, 2.75) is 38.4 Å². The third-order valence-corrected chi connectivity index (χ3v) is 5.25. The number of fused-ring (bicyclic) bond motifs is 1. The van der Waals surface area contributed by atoms with Gasteiger partial charge in [-0.25, -0.2) is 0 Å². The summed E-state index contributed by atoms with van der Waals surface area (Å²) in [7, 11) is 1.73. The van der Waals surface area contributed by atoms with Crippen molar-refractivity contribution in [2.24, 2.45) is 0 Å². The summed E-state index contributed by atoms with van der Waals surface area (Å²) < 4.78 is 0. The number of nitrogens with one attached hydrogen (secondary N) is 2. The molecule has 25 heavy (non-hydrogen) atoms. The van der Waals surface area contributed by atoms with E-state index in [0.29, 0.717) is 13.0 Å². The van der Waals surface area contributed by atoms with E-state index in [4.69, 9.17) is 0 Å². The standard InChI is InChI=1S/C18H22N4O2S/c1-12(19-2)17(23)21-15-8-7-13-5-3-4-6-16(13)22(18(15)24)10-14-9-20-11-25-14/h3-6,9,11-12,15,19H,7-8,10H2,1-2H3,(H,21,23)/t12?,15-/m0/s1. The summed E-state index contributed by atoms with van der Waals surface area (Å²) in [6.07, 6.45) is 3.12. The smallest absolute Gasteiger partial charge is 0.249 e. The van der Waals surface area contributed by atoms with Gasteiger partial charge in [0.15, 0.2) is 0 Å². The van der Waals surface area contributed by atoms with Crippen molar-refractivity contribution < 1.29 is 9.59 Å². The number of rotatable bonds is 5. The topological polar surface area (TPSA) is 74.3 Å².